The molecule has 2 aromatic rings. The van der Waals surface area contributed by atoms with Gasteiger partial charge < -0.3 is 9.47 Å². The summed E-state index contributed by atoms with van der Waals surface area (Å²) in [6.07, 6.45) is 1.85. The van der Waals surface area contributed by atoms with Crippen LogP contribution in [-0.2, 0) is 13.1 Å². The normalized spacial score (nSPS) is 13.6. The van der Waals surface area contributed by atoms with E-state index in [-0.39, 0.29) is 11.4 Å². The van der Waals surface area contributed by atoms with E-state index in [0.29, 0.717) is 48.2 Å². The molecule has 0 spiro atoms. The van der Waals surface area contributed by atoms with Crippen molar-refractivity contribution < 1.29 is 18.7 Å². The van der Waals surface area contributed by atoms with E-state index in [1.54, 1.807) is 31.2 Å². The predicted octanol–water partition coefficient (Wildman–Crippen LogP) is 5.50. The van der Waals surface area contributed by atoms with Crippen molar-refractivity contribution in [1.82, 2.24) is 4.90 Å². The molecule has 0 saturated heterocycles. The number of nitrogens with zero attached hydrogens (tertiary/aromatic N) is 1. The molecule has 0 aromatic heterocycles. The first-order chi connectivity index (χ1) is 13.9. The minimum absolute atomic E-state index is 0.201. The van der Waals surface area contributed by atoms with Crippen molar-refractivity contribution >= 4 is 5.97 Å². The maximum atomic E-state index is 15.3. The molecule has 0 N–H and O–H groups in total. The lowest BCUT2D eigenvalue weighted by Gasteiger charge is -2.18. The Morgan fingerprint density at radius 2 is 1.86 bits per heavy atom. The molecule has 156 valence electrons. The molecule has 0 aliphatic carbocycles. The lowest BCUT2D eigenvalue weighted by Crippen LogP contribution is -2.21. The molecule has 0 bridgehead atoms. The van der Waals surface area contributed by atoms with E-state index < -0.39 is 5.97 Å². The standard InChI is InChI=1S/C24H30FNO3/c1-5-6-12-28-23-20-15-26(13-16(2)3)14-19(20)22(25)17(4)21(23)24(27)29-18-10-8-7-9-11-18/h7-11,16H,5-6,12-15H2,1-4H3. The number of hydrogen-bond donors (Lipinski definition) is 0. The first-order valence-corrected chi connectivity index (χ1v) is 10.4. The summed E-state index contributed by atoms with van der Waals surface area (Å²) < 4.78 is 26.9. The molecule has 0 radical (unpaired) electrons. The van der Waals surface area contributed by atoms with Gasteiger partial charge in [0, 0.05) is 36.3 Å². The largest absolute Gasteiger partial charge is 0.492 e. The van der Waals surface area contributed by atoms with Gasteiger partial charge in [-0.2, -0.15) is 0 Å². The van der Waals surface area contributed by atoms with Crippen LogP contribution in [0.3, 0.4) is 0 Å². The number of fused-ring (bicyclic) bond motifs is 1. The predicted molar refractivity (Wildman–Crippen MR) is 112 cm³/mol. The number of hydrogen-bond acceptors (Lipinski definition) is 4. The van der Waals surface area contributed by atoms with Crippen LogP contribution in [0, 0.1) is 18.7 Å². The Balaban J connectivity index is 2.01. The number of halogens is 1. The summed E-state index contributed by atoms with van der Waals surface area (Å²) >= 11 is 0. The highest BCUT2D eigenvalue weighted by Crippen LogP contribution is 2.39. The van der Waals surface area contributed by atoms with Crippen molar-refractivity contribution in [3.8, 4) is 11.5 Å². The highest BCUT2D eigenvalue weighted by Gasteiger charge is 2.33. The quantitative estimate of drug-likeness (QED) is 0.334. The fraction of sp³-hybridized carbons (Fsp3) is 0.458. The SMILES string of the molecule is CCCCOc1c2c(c(F)c(C)c1C(=O)Oc1ccccc1)CN(CC(C)C)C2. The van der Waals surface area contributed by atoms with Crippen LogP contribution in [0.15, 0.2) is 30.3 Å². The molecule has 0 saturated carbocycles. The van der Waals surface area contributed by atoms with E-state index >= 15 is 4.39 Å². The van der Waals surface area contributed by atoms with Gasteiger partial charge in [0.05, 0.1) is 6.61 Å². The highest BCUT2D eigenvalue weighted by molar-refractivity contribution is 5.96. The number of rotatable bonds is 8. The number of benzene rings is 2. The molecule has 2 aromatic carbocycles. The monoisotopic (exact) mass is 399 g/mol. The molecular weight excluding hydrogens is 369 g/mol. The number of esters is 1. The molecule has 1 heterocycles. The van der Waals surface area contributed by atoms with Gasteiger partial charge in [-0.25, -0.2) is 9.18 Å². The average Bonchev–Trinajstić information content (AvgIpc) is 3.09. The third kappa shape index (κ3) is 4.78. The van der Waals surface area contributed by atoms with Crippen LogP contribution in [-0.4, -0.2) is 24.0 Å². The lowest BCUT2D eigenvalue weighted by atomic mass is 9.98. The number of unbranched alkanes of at least 4 members (excludes halogenated alkanes) is 1. The second-order valence-corrected chi connectivity index (χ2v) is 8.07. The minimum atomic E-state index is -0.579. The van der Waals surface area contributed by atoms with E-state index in [1.807, 2.05) is 6.07 Å². The Morgan fingerprint density at radius 3 is 2.52 bits per heavy atom. The van der Waals surface area contributed by atoms with Crippen LogP contribution in [0.25, 0.3) is 0 Å². The van der Waals surface area contributed by atoms with E-state index in [2.05, 4.69) is 25.7 Å². The number of carbonyl (C=O) groups excluding carboxylic acids is 1. The lowest BCUT2D eigenvalue weighted by molar-refractivity contribution is 0.0728. The molecule has 4 nitrogen and oxygen atoms in total. The van der Waals surface area contributed by atoms with Gasteiger partial charge >= 0.3 is 5.97 Å². The summed E-state index contributed by atoms with van der Waals surface area (Å²) in [5.41, 5.74) is 1.92. The molecule has 29 heavy (non-hydrogen) atoms. The van der Waals surface area contributed by atoms with Crippen molar-refractivity contribution in [2.24, 2.45) is 5.92 Å². The fourth-order valence-electron chi connectivity index (χ4n) is 3.78. The van der Waals surface area contributed by atoms with Crippen LogP contribution in [0.2, 0.25) is 0 Å². The topological polar surface area (TPSA) is 38.8 Å². The smallest absolute Gasteiger partial charge is 0.347 e. The van der Waals surface area contributed by atoms with E-state index in [0.717, 1.165) is 24.9 Å². The molecule has 1 aliphatic rings. The molecular formula is C24H30FNO3. The molecule has 0 amide bonds. The van der Waals surface area contributed by atoms with Gasteiger partial charge in [-0.1, -0.05) is 45.4 Å². The van der Waals surface area contributed by atoms with Gasteiger partial charge in [0.2, 0.25) is 0 Å². The molecule has 0 atom stereocenters. The second kappa shape index (κ2) is 9.40. The van der Waals surface area contributed by atoms with Crippen LogP contribution < -0.4 is 9.47 Å². The zero-order valence-corrected chi connectivity index (χ0v) is 17.8. The van der Waals surface area contributed by atoms with Crippen LogP contribution in [0.4, 0.5) is 4.39 Å². The number of carbonyl (C=O) groups is 1. The van der Waals surface area contributed by atoms with Crippen molar-refractivity contribution in [3.63, 3.8) is 0 Å². The van der Waals surface area contributed by atoms with Crippen molar-refractivity contribution in [2.45, 2.75) is 53.6 Å². The van der Waals surface area contributed by atoms with E-state index in [1.165, 1.54) is 0 Å². The Kier molecular flexibility index (Phi) is 6.91. The Hall–Kier alpha value is -2.40. The molecule has 0 unspecified atom stereocenters. The number of para-hydroxylation sites is 1. The Labute approximate surface area is 172 Å². The molecule has 0 fully saturated rings. The maximum absolute atomic E-state index is 15.3. The van der Waals surface area contributed by atoms with Gasteiger partial charge in [-0.3, -0.25) is 4.90 Å². The Bertz CT molecular complexity index is 864. The van der Waals surface area contributed by atoms with Crippen LogP contribution in [0.5, 0.6) is 11.5 Å². The zero-order valence-electron chi connectivity index (χ0n) is 17.8. The summed E-state index contributed by atoms with van der Waals surface area (Å²) in [6.45, 7) is 10.5. The third-order valence-electron chi connectivity index (χ3n) is 5.12. The fourth-order valence-corrected chi connectivity index (χ4v) is 3.78. The summed E-state index contributed by atoms with van der Waals surface area (Å²) in [5.74, 6) is 0.483. The number of ether oxygens (including phenoxy) is 2. The third-order valence-corrected chi connectivity index (χ3v) is 5.12. The van der Waals surface area contributed by atoms with E-state index in [4.69, 9.17) is 9.47 Å². The van der Waals surface area contributed by atoms with Gasteiger partial charge in [-0.05, 0) is 31.4 Å². The van der Waals surface area contributed by atoms with Crippen molar-refractivity contribution in [1.29, 1.82) is 0 Å². The average molecular weight is 400 g/mol. The zero-order chi connectivity index (χ0) is 21.0. The van der Waals surface area contributed by atoms with Crippen LogP contribution in [0.1, 0.15) is 60.7 Å². The summed E-state index contributed by atoms with van der Waals surface area (Å²) in [4.78, 5) is 15.2. The first kappa shape index (κ1) is 21.3. The summed E-state index contributed by atoms with van der Waals surface area (Å²) in [5, 5.41) is 0. The highest BCUT2D eigenvalue weighted by atomic mass is 19.1. The van der Waals surface area contributed by atoms with Gasteiger partial charge in [-0.15, -0.1) is 0 Å². The Morgan fingerprint density at radius 1 is 1.17 bits per heavy atom. The molecule has 1 aliphatic heterocycles. The minimum Gasteiger partial charge on any atom is -0.492 e. The summed E-state index contributed by atoms with van der Waals surface area (Å²) in [6, 6.07) is 8.85. The van der Waals surface area contributed by atoms with Crippen LogP contribution >= 0.6 is 0 Å². The summed E-state index contributed by atoms with van der Waals surface area (Å²) in [7, 11) is 0. The molecule has 3 rings (SSSR count). The van der Waals surface area contributed by atoms with Crippen molar-refractivity contribution in [2.75, 3.05) is 13.2 Å². The van der Waals surface area contributed by atoms with Gasteiger partial charge in [0.25, 0.3) is 0 Å². The van der Waals surface area contributed by atoms with E-state index in [9.17, 15) is 4.79 Å². The van der Waals surface area contributed by atoms with Gasteiger partial charge in [0.15, 0.2) is 0 Å². The first-order valence-electron chi connectivity index (χ1n) is 10.4. The second-order valence-electron chi connectivity index (χ2n) is 8.07. The molecule has 5 heteroatoms. The maximum Gasteiger partial charge on any atom is 0.347 e. The van der Waals surface area contributed by atoms with Crippen molar-refractivity contribution in [3.05, 3.63) is 58.4 Å². The van der Waals surface area contributed by atoms with Gasteiger partial charge in [0.1, 0.15) is 22.9 Å².